The minimum Gasteiger partial charge on any atom is -0.312 e. The molecule has 0 radical (unpaired) electrons. The van der Waals surface area contributed by atoms with Crippen LogP contribution in [0.4, 0.5) is 0 Å². The van der Waals surface area contributed by atoms with Crippen LogP contribution in [-0.4, -0.2) is 44.9 Å². The van der Waals surface area contributed by atoms with E-state index in [9.17, 15) is 4.57 Å². The topological polar surface area (TPSA) is 38.8 Å². The van der Waals surface area contributed by atoms with Crippen LogP contribution in [0.25, 0.3) is 0 Å². The van der Waals surface area contributed by atoms with Crippen LogP contribution in [0.1, 0.15) is 116 Å². The van der Waals surface area contributed by atoms with Gasteiger partial charge in [-0.15, -0.1) is 0 Å². The smallest absolute Gasteiger partial charge is 0.312 e. The highest BCUT2D eigenvalue weighted by Gasteiger charge is 2.24. The van der Waals surface area contributed by atoms with Gasteiger partial charge in [-0.1, -0.05) is 110 Å². The Balaban J connectivity index is 2.43. The van der Waals surface area contributed by atoms with Gasteiger partial charge in [-0.25, -0.2) is 0 Å². The van der Waals surface area contributed by atoms with Crippen LogP contribution < -0.4 is 0 Å². The SMILES string of the molecule is CCN(C)CCOP(=O)(CCC1CCCCCCCCCCCCCCCC1)OC. The molecule has 0 aromatic carbocycles. The molecule has 1 saturated carbocycles. The summed E-state index contributed by atoms with van der Waals surface area (Å²) >= 11 is 0. The lowest BCUT2D eigenvalue weighted by Crippen LogP contribution is -2.22. The van der Waals surface area contributed by atoms with Gasteiger partial charge in [0.25, 0.3) is 0 Å². The van der Waals surface area contributed by atoms with E-state index in [1.54, 1.807) is 7.11 Å². The van der Waals surface area contributed by atoms with Gasteiger partial charge in [0.05, 0.1) is 12.8 Å². The summed E-state index contributed by atoms with van der Waals surface area (Å²) in [5.74, 6) is 0.672. The molecular weight excluding hydrogens is 393 g/mol. The van der Waals surface area contributed by atoms with E-state index in [1.165, 1.54) is 103 Å². The van der Waals surface area contributed by atoms with Crippen molar-refractivity contribution in [3.63, 3.8) is 0 Å². The van der Waals surface area contributed by atoms with Crippen molar-refractivity contribution in [2.45, 2.75) is 116 Å². The zero-order chi connectivity index (χ0) is 21.9. The van der Waals surface area contributed by atoms with Crippen LogP contribution in [0.3, 0.4) is 0 Å². The number of hydrogen-bond acceptors (Lipinski definition) is 4. The van der Waals surface area contributed by atoms with Crippen LogP contribution >= 0.6 is 7.60 Å². The van der Waals surface area contributed by atoms with Gasteiger partial charge < -0.3 is 13.9 Å². The molecule has 0 heterocycles. The Morgan fingerprint density at radius 3 is 1.63 bits per heavy atom. The fraction of sp³-hybridized carbons (Fsp3) is 1.00. The highest BCUT2D eigenvalue weighted by atomic mass is 31.2. The molecule has 1 unspecified atom stereocenters. The molecule has 1 fully saturated rings. The molecular formula is C25H52NO3P. The molecule has 0 spiro atoms. The molecule has 4 nitrogen and oxygen atoms in total. The molecule has 0 aromatic heterocycles. The van der Waals surface area contributed by atoms with E-state index in [0.29, 0.717) is 18.7 Å². The lowest BCUT2D eigenvalue weighted by molar-refractivity contribution is 0.200. The molecule has 0 N–H and O–H groups in total. The van der Waals surface area contributed by atoms with Crippen LogP contribution in [0.5, 0.6) is 0 Å². The third-order valence-corrected chi connectivity index (χ3v) is 8.80. The highest BCUT2D eigenvalue weighted by Crippen LogP contribution is 2.48. The van der Waals surface area contributed by atoms with E-state index in [1.807, 2.05) is 0 Å². The summed E-state index contributed by atoms with van der Waals surface area (Å²) in [4.78, 5) is 2.17. The summed E-state index contributed by atoms with van der Waals surface area (Å²) in [6.07, 6.45) is 23.7. The van der Waals surface area contributed by atoms with Gasteiger partial charge >= 0.3 is 7.60 Å². The van der Waals surface area contributed by atoms with Crippen molar-refractivity contribution in [3.8, 4) is 0 Å². The molecule has 0 aliphatic heterocycles. The van der Waals surface area contributed by atoms with Gasteiger partial charge in [0.2, 0.25) is 0 Å². The third kappa shape index (κ3) is 15.0. The Kier molecular flexibility index (Phi) is 17.5. The first-order valence-electron chi connectivity index (χ1n) is 13.1. The van der Waals surface area contributed by atoms with E-state index in [0.717, 1.165) is 19.5 Å². The van der Waals surface area contributed by atoms with Gasteiger partial charge in [0.15, 0.2) is 0 Å². The average Bonchev–Trinajstić information content (AvgIpc) is 2.76. The second-order valence-corrected chi connectivity index (χ2v) is 11.7. The van der Waals surface area contributed by atoms with Crippen LogP contribution in [0, 0.1) is 5.92 Å². The molecule has 1 aliphatic carbocycles. The average molecular weight is 446 g/mol. The summed E-state index contributed by atoms with van der Waals surface area (Å²) in [6.45, 7) is 4.38. The molecule has 0 amide bonds. The first-order chi connectivity index (χ1) is 14.6. The van der Waals surface area contributed by atoms with Crippen molar-refractivity contribution < 1.29 is 13.6 Å². The first kappa shape index (κ1) is 28.1. The Bertz CT molecular complexity index is 415. The van der Waals surface area contributed by atoms with Crippen LogP contribution in [0.2, 0.25) is 0 Å². The maximum atomic E-state index is 13.0. The standard InChI is InChI=1S/C25H52NO3P/c1-4-26(2)22-23-29-30(27,28-3)24-21-25-19-17-15-13-11-9-7-5-6-8-10-12-14-16-18-20-25/h25H,4-24H2,1-3H3. The predicted octanol–water partition coefficient (Wildman–Crippen LogP) is 8.06. The fourth-order valence-electron chi connectivity index (χ4n) is 4.46. The lowest BCUT2D eigenvalue weighted by Gasteiger charge is -2.22. The van der Waals surface area contributed by atoms with Gasteiger partial charge in [-0.05, 0) is 25.9 Å². The maximum Gasteiger partial charge on any atom is 0.330 e. The van der Waals surface area contributed by atoms with Gasteiger partial charge in [0.1, 0.15) is 0 Å². The second-order valence-electron chi connectivity index (χ2n) is 9.43. The monoisotopic (exact) mass is 445 g/mol. The van der Waals surface area contributed by atoms with E-state index in [-0.39, 0.29) is 0 Å². The summed E-state index contributed by atoms with van der Waals surface area (Å²) in [6, 6.07) is 0. The zero-order valence-electron chi connectivity index (χ0n) is 20.5. The van der Waals surface area contributed by atoms with Crippen molar-refractivity contribution in [1.29, 1.82) is 0 Å². The maximum absolute atomic E-state index is 13.0. The summed E-state index contributed by atoms with van der Waals surface area (Å²) in [7, 11) is 0.656. The van der Waals surface area contributed by atoms with Gasteiger partial charge in [-0.2, -0.15) is 0 Å². The Labute approximate surface area is 188 Å². The molecule has 0 saturated heterocycles. The van der Waals surface area contributed by atoms with Crippen molar-refractivity contribution in [2.24, 2.45) is 5.92 Å². The molecule has 1 atom stereocenters. The minimum absolute atomic E-state index is 0.486. The quantitative estimate of drug-likeness (QED) is 0.336. The van der Waals surface area contributed by atoms with Crippen LogP contribution in [-0.2, 0) is 13.6 Å². The van der Waals surface area contributed by atoms with Gasteiger partial charge in [0, 0.05) is 13.7 Å². The van der Waals surface area contributed by atoms with Crippen molar-refractivity contribution in [1.82, 2.24) is 4.90 Å². The number of likely N-dealkylation sites (N-methyl/N-ethyl adjacent to an activating group) is 1. The number of nitrogens with zero attached hydrogens (tertiary/aromatic N) is 1. The van der Waals surface area contributed by atoms with E-state index < -0.39 is 7.60 Å². The normalized spacial score (nSPS) is 21.9. The fourth-order valence-corrected chi connectivity index (χ4v) is 5.92. The predicted molar refractivity (Wildman–Crippen MR) is 131 cm³/mol. The second kappa shape index (κ2) is 18.7. The minimum atomic E-state index is -2.95. The molecule has 1 aliphatic rings. The van der Waals surface area contributed by atoms with Crippen molar-refractivity contribution in [2.75, 3.05) is 40.0 Å². The number of rotatable bonds is 9. The van der Waals surface area contributed by atoms with Crippen LogP contribution in [0.15, 0.2) is 0 Å². The third-order valence-electron chi connectivity index (χ3n) is 6.86. The Morgan fingerprint density at radius 1 is 0.800 bits per heavy atom. The summed E-state index contributed by atoms with van der Waals surface area (Å²) < 4.78 is 24.1. The van der Waals surface area contributed by atoms with E-state index in [2.05, 4.69) is 18.9 Å². The lowest BCUT2D eigenvalue weighted by atomic mass is 9.92. The van der Waals surface area contributed by atoms with E-state index >= 15 is 0 Å². The van der Waals surface area contributed by atoms with Gasteiger partial charge in [-0.3, -0.25) is 4.57 Å². The summed E-state index contributed by atoms with van der Waals surface area (Å²) in [5, 5.41) is 0. The zero-order valence-corrected chi connectivity index (χ0v) is 21.4. The largest absolute Gasteiger partial charge is 0.330 e. The molecule has 1 rings (SSSR count). The molecule has 0 bridgehead atoms. The number of hydrogen-bond donors (Lipinski definition) is 0. The Hall–Kier alpha value is 0.110. The van der Waals surface area contributed by atoms with Crippen molar-refractivity contribution >= 4 is 7.60 Å². The first-order valence-corrected chi connectivity index (χ1v) is 14.8. The Morgan fingerprint density at radius 2 is 1.23 bits per heavy atom. The highest BCUT2D eigenvalue weighted by molar-refractivity contribution is 7.53. The van der Waals surface area contributed by atoms with Crippen molar-refractivity contribution in [3.05, 3.63) is 0 Å². The molecule has 30 heavy (non-hydrogen) atoms. The van der Waals surface area contributed by atoms with E-state index in [4.69, 9.17) is 9.05 Å². The molecule has 180 valence electrons. The molecule has 5 heteroatoms. The summed E-state index contributed by atoms with van der Waals surface area (Å²) in [5.41, 5.74) is 0. The molecule has 0 aromatic rings.